The van der Waals surface area contributed by atoms with Crippen LogP contribution >= 0.6 is 0 Å². The standard InChI is InChI=1S/C18H29N3O3/c1-4-13-7-9-18(10-8-13)16(23)20(17(24)19-18)11-15(22)21(12(2)3)14-5-6-14/h12-14H,4-11H2,1-3H3,(H,19,24). The van der Waals surface area contributed by atoms with E-state index in [1.165, 1.54) is 0 Å². The zero-order valence-electron chi connectivity index (χ0n) is 15.0. The van der Waals surface area contributed by atoms with Crippen molar-refractivity contribution >= 4 is 17.8 Å². The van der Waals surface area contributed by atoms with Gasteiger partial charge in [0.2, 0.25) is 5.91 Å². The highest BCUT2D eigenvalue weighted by molar-refractivity contribution is 6.09. The first kappa shape index (κ1) is 17.2. The summed E-state index contributed by atoms with van der Waals surface area (Å²) in [5.74, 6) is 0.326. The Morgan fingerprint density at radius 3 is 2.38 bits per heavy atom. The zero-order valence-corrected chi connectivity index (χ0v) is 15.0. The van der Waals surface area contributed by atoms with Gasteiger partial charge in [0.1, 0.15) is 12.1 Å². The fraction of sp³-hybridized carbons (Fsp3) is 0.833. The number of hydrogen-bond acceptors (Lipinski definition) is 3. The predicted octanol–water partition coefficient (Wildman–Crippen LogP) is 2.28. The van der Waals surface area contributed by atoms with E-state index in [2.05, 4.69) is 12.2 Å². The molecule has 3 aliphatic rings. The summed E-state index contributed by atoms with van der Waals surface area (Å²) in [7, 11) is 0. The van der Waals surface area contributed by atoms with Gasteiger partial charge in [-0.2, -0.15) is 0 Å². The van der Waals surface area contributed by atoms with E-state index < -0.39 is 11.6 Å². The minimum atomic E-state index is -0.759. The molecule has 4 amide bonds. The maximum Gasteiger partial charge on any atom is 0.325 e. The number of urea groups is 1. The molecule has 6 heteroatoms. The van der Waals surface area contributed by atoms with Gasteiger partial charge in [-0.25, -0.2) is 4.79 Å². The lowest BCUT2D eigenvalue weighted by atomic mass is 9.75. The summed E-state index contributed by atoms with van der Waals surface area (Å²) in [6.07, 6.45) is 6.47. The van der Waals surface area contributed by atoms with E-state index in [4.69, 9.17) is 0 Å². The minimum Gasteiger partial charge on any atom is -0.336 e. The van der Waals surface area contributed by atoms with E-state index in [1.807, 2.05) is 18.7 Å². The van der Waals surface area contributed by atoms with Gasteiger partial charge in [-0.05, 0) is 58.3 Å². The summed E-state index contributed by atoms with van der Waals surface area (Å²) >= 11 is 0. The molecule has 0 aromatic rings. The topological polar surface area (TPSA) is 69.7 Å². The first-order valence-corrected chi connectivity index (χ1v) is 9.33. The lowest BCUT2D eigenvalue weighted by Crippen LogP contribution is -2.50. The Morgan fingerprint density at radius 1 is 1.25 bits per heavy atom. The van der Waals surface area contributed by atoms with Crippen molar-refractivity contribution in [1.29, 1.82) is 0 Å². The van der Waals surface area contributed by atoms with Gasteiger partial charge in [0.05, 0.1) is 0 Å². The van der Waals surface area contributed by atoms with Crippen molar-refractivity contribution in [2.75, 3.05) is 6.54 Å². The van der Waals surface area contributed by atoms with Gasteiger partial charge < -0.3 is 10.2 Å². The quantitative estimate of drug-likeness (QED) is 0.784. The average Bonchev–Trinajstić information content (AvgIpc) is 3.33. The van der Waals surface area contributed by atoms with Crippen molar-refractivity contribution in [1.82, 2.24) is 15.1 Å². The number of carbonyl (C=O) groups is 3. The zero-order chi connectivity index (χ0) is 17.5. The van der Waals surface area contributed by atoms with E-state index in [9.17, 15) is 14.4 Å². The Hall–Kier alpha value is -1.59. The molecule has 0 radical (unpaired) electrons. The van der Waals surface area contributed by atoms with Gasteiger partial charge >= 0.3 is 6.03 Å². The highest BCUT2D eigenvalue weighted by atomic mass is 16.2. The second-order valence-electron chi connectivity index (χ2n) is 7.88. The molecular weight excluding hydrogens is 306 g/mol. The van der Waals surface area contributed by atoms with Crippen molar-refractivity contribution in [3.8, 4) is 0 Å². The van der Waals surface area contributed by atoms with Crippen LogP contribution in [0.3, 0.4) is 0 Å². The molecule has 24 heavy (non-hydrogen) atoms. The van der Waals surface area contributed by atoms with Crippen LogP contribution in [0.2, 0.25) is 0 Å². The Balaban J connectivity index is 1.67. The van der Waals surface area contributed by atoms with Crippen LogP contribution < -0.4 is 5.32 Å². The first-order chi connectivity index (χ1) is 11.4. The molecule has 6 nitrogen and oxygen atoms in total. The average molecular weight is 335 g/mol. The van der Waals surface area contributed by atoms with Gasteiger partial charge in [0.15, 0.2) is 0 Å². The fourth-order valence-corrected chi connectivity index (χ4v) is 4.22. The highest BCUT2D eigenvalue weighted by Crippen LogP contribution is 2.37. The number of imide groups is 1. The van der Waals surface area contributed by atoms with E-state index in [0.29, 0.717) is 18.8 Å². The third-order valence-corrected chi connectivity index (χ3v) is 5.86. The van der Waals surface area contributed by atoms with Gasteiger partial charge in [-0.15, -0.1) is 0 Å². The Bertz CT molecular complexity index is 532. The number of hydrogen-bond donors (Lipinski definition) is 1. The summed E-state index contributed by atoms with van der Waals surface area (Å²) in [6, 6.07) is -0.0188. The van der Waals surface area contributed by atoms with Crippen LogP contribution in [0, 0.1) is 5.92 Å². The number of nitrogens with one attached hydrogen (secondary N) is 1. The number of nitrogens with zero attached hydrogens (tertiary/aromatic N) is 2. The lowest BCUT2D eigenvalue weighted by molar-refractivity contribution is -0.141. The lowest BCUT2D eigenvalue weighted by Gasteiger charge is -2.34. The molecule has 0 aromatic carbocycles. The summed E-state index contributed by atoms with van der Waals surface area (Å²) < 4.78 is 0. The van der Waals surface area contributed by atoms with Crippen molar-refractivity contribution < 1.29 is 14.4 Å². The fourth-order valence-electron chi connectivity index (χ4n) is 4.22. The van der Waals surface area contributed by atoms with E-state index >= 15 is 0 Å². The molecule has 1 saturated heterocycles. The molecular formula is C18H29N3O3. The van der Waals surface area contributed by atoms with Crippen molar-refractivity contribution in [3.05, 3.63) is 0 Å². The highest BCUT2D eigenvalue weighted by Gasteiger charge is 2.53. The summed E-state index contributed by atoms with van der Waals surface area (Å²) in [4.78, 5) is 40.8. The maximum atomic E-state index is 12.9. The third-order valence-electron chi connectivity index (χ3n) is 5.86. The molecule has 1 spiro atoms. The smallest absolute Gasteiger partial charge is 0.325 e. The van der Waals surface area contributed by atoms with Crippen LogP contribution in [0.5, 0.6) is 0 Å². The first-order valence-electron chi connectivity index (χ1n) is 9.33. The summed E-state index contributed by atoms with van der Waals surface area (Å²) in [6.45, 7) is 6.00. The maximum absolute atomic E-state index is 12.9. The van der Waals surface area contributed by atoms with Gasteiger partial charge in [0, 0.05) is 12.1 Å². The Morgan fingerprint density at radius 2 is 1.88 bits per heavy atom. The monoisotopic (exact) mass is 335 g/mol. The van der Waals surface area contributed by atoms with Crippen molar-refractivity contribution in [3.63, 3.8) is 0 Å². The normalized spacial score (nSPS) is 30.2. The number of carbonyl (C=O) groups excluding carboxylic acids is 3. The van der Waals surface area contributed by atoms with E-state index in [1.54, 1.807) is 0 Å². The van der Waals surface area contributed by atoms with Crippen LogP contribution in [0.25, 0.3) is 0 Å². The van der Waals surface area contributed by atoms with Gasteiger partial charge in [0.25, 0.3) is 5.91 Å². The van der Waals surface area contributed by atoms with Gasteiger partial charge in [-0.3, -0.25) is 14.5 Å². The van der Waals surface area contributed by atoms with Gasteiger partial charge in [-0.1, -0.05) is 13.3 Å². The number of amides is 4. The van der Waals surface area contributed by atoms with Crippen LogP contribution in [0.1, 0.15) is 65.7 Å². The third kappa shape index (κ3) is 3.03. The summed E-state index contributed by atoms with van der Waals surface area (Å²) in [5.41, 5.74) is -0.759. The molecule has 1 aliphatic heterocycles. The van der Waals surface area contributed by atoms with Crippen LogP contribution in [-0.4, -0.2) is 51.8 Å². The van der Waals surface area contributed by atoms with Crippen molar-refractivity contribution in [2.24, 2.45) is 5.92 Å². The van der Waals surface area contributed by atoms with Crippen LogP contribution in [-0.2, 0) is 9.59 Å². The van der Waals surface area contributed by atoms with E-state index in [0.717, 1.165) is 37.0 Å². The SMILES string of the molecule is CCC1CCC2(CC1)NC(=O)N(CC(=O)N(C(C)C)C1CC1)C2=O. The van der Waals surface area contributed by atoms with E-state index in [-0.39, 0.29) is 30.4 Å². The molecule has 134 valence electrons. The van der Waals surface area contributed by atoms with Crippen LogP contribution in [0.15, 0.2) is 0 Å². The summed E-state index contributed by atoms with van der Waals surface area (Å²) in [5, 5.41) is 2.90. The number of rotatable bonds is 5. The molecule has 0 atom stereocenters. The Labute approximate surface area is 143 Å². The molecule has 2 aliphatic carbocycles. The molecule has 1 N–H and O–H groups in total. The molecule has 1 heterocycles. The van der Waals surface area contributed by atoms with Crippen LogP contribution in [0.4, 0.5) is 4.79 Å². The largest absolute Gasteiger partial charge is 0.336 e. The molecule has 0 aromatic heterocycles. The Kier molecular flexibility index (Phi) is 4.58. The predicted molar refractivity (Wildman–Crippen MR) is 90.2 cm³/mol. The minimum absolute atomic E-state index is 0.0970. The molecule has 3 rings (SSSR count). The molecule has 2 saturated carbocycles. The second kappa shape index (κ2) is 6.37. The molecule has 3 fully saturated rings. The molecule has 0 bridgehead atoms. The molecule has 0 unspecified atom stereocenters. The van der Waals surface area contributed by atoms with Crippen molar-refractivity contribution in [2.45, 2.75) is 83.3 Å². The second-order valence-corrected chi connectivity index (χ2v) is 7.88.